The fourth-order valence-corrected chi connectivity index (χ4v) is 2.05. The summed E-state index contributed by atoms with van der Waals surface area (Å²) in [6, 6.07) is 14.3. The van der Waals surface area contributed by atoms with Gasteiger partial charge in [-0.25, -0.2) is 0 Å². The largest absolute Gasteiger partial charge is 0.395 e. The van der Waals surface area contributed by atoms with Crippen molar-refractivity contribution >= 4 is 16.5 Å². The van der Waals surface area contributed by atoms with Crippen molar-refractivity contribution in [3.63, 3.8) is 0 Å². The predicted molar refractivity (Wildman–Crippen MR) is 72.3 cm³/mol. The Morgan fingerprint density at radius 2 is 1.88 bits per heavy atom. The molecule has 0 aliphatic carbocycles. The summed E-state index contributed by atoms with van der Waals surface area (Å²) in [5.41, 5.74) is 6.91. The van der Waals surface area contributed by atoms with Gasteiger partial charge >= 0.3 is 0 Å². The Morgan fingerprint density at radius 1 is 1.18 bits per heavy atom. The van der Waals surface area contributed by atoms with Crippen molar-refractivity contribution in [1.82, 2.24) is 0 Å². The molecular formula is C14H18N2O. The van der Waals surface area contributed by atoms with Crippen LogP contribution in [0.5, 0.6) is 0 Å². The third-order valence-electron chi connectivity index (χ3n) is 2.92. The fraction of sp³-hybridized carbons (Fsp3) is 0.286. The van der Waals surface area contributed by atoms with E-state index in [2.05, 4.69) is 29.2 Å². The first-order valence-electron chi connectivity index (χ1n) is 5.77. The Hall–Kier alpha value is -1.58. The van der Waals surface area contributed by atoms with E-state index in [1.165, 1.54) is 10.8 Å². The normalized spacial score (nSPS) is 12.6. The van der Waals surface area contributed by atoms with Gasteiger partial charge in [0.05, 0.1) is 6.61 Å². The lowest BCUT2D eigenvalue weighted by molar-refractivity contribution is 0.267. The number of hydrogen-bond donors (Lipinski definition) is 2. The summed E-state index contributed by atoms with van der Waals surface area (Å²) < 4.78 is 0. The minimum atomic E-state index is -0.209. The van der Waals surface area contributed by atoms with Gasteiger partial charge in [-0.2, -0.15) is 0 Å². The van der Waals surface area contributed by atoms with E-state index >= 15 is 0 Å². The Bertz CT molecular complexity index is 493. The van der Waals surface area contributed by atoms with E-state index in [-0.39, 0.29) is 12.6 Å². The number of hydrogen-bond acceptors (Lipinski definition) is 3. The second kappa shape index (κ2) is 5.17. The van der Waals surface area contributed by atoms with Crippen molar-refractivity contribution in [2.45, 2.75) is 6.04 Å². The molecule has 3 heteroatoms. The number of aliphatic hydroxyl groups excluding tert-OH is 1. The molecule has 0 aliphatic heterocycles. The third-order valence-corrected chi connectivity index (χ3v) is 2.92. The van der Waals surface area contributed by atoms with Crippen LogP contribution in [-0.4, -0.2) is 31.3 Å². The highest BCUT2D eigenvalue weighted by atomic mass is 16.3. The molecule has 0 fully saturated rings. The Morgan fingerprint density at radius 3 is 2.65 bits per heavy atom. The quantitative estimate of drug-likeness (QED) is 0.838. The topological polar surface area (TPSA) is 49.5 Å². The van der Waals surface area contributed by atoms with Crippen molar-refractivity contribution in [2.75, 3.05) is 25.1 Å². The number of rotatable bonds is 4. The molecule has 0 aromatic heterocycles. The summed E-state index contributed by atoms with van der Waals surface area (Å²) in [6.07, 6.45) is 0. The van der Waals surface area contributed by atoms with Crippen LogP contribution < -0.4 is 10.6 Å². The average molecular weight is 230 g/mol. The predicted octanol–water partition coefficient (Wildman–Crippen LogP) is 1.60. The lowest BCUT2D eigenvalue weighted by Gasteiger charge is -2.23. The molecule has 0 bridgehead atoms. The van der Waals surface area contributed by atoms with Gasteiger partial charge in [-0.15, -0.1) is 0 Å². The van der Waals surface area contributed by atoms with Crippen molar-refractivity contribution < 1.29 is 5.11 Å². The minimum absolute atomic E-state index is 0.00903. The second-order valence-electron chi connectivity index (χ2n) is 4.32. The van der Waals surface area contributed by atoms with Gasteiger partial charge in [-0.3, -0.25) is 0 Å². The minimum Gasteiger partial charge on any atom is -0.395 e. The third kappa shape index (κ3) is 2.57. The van der Waals surface area contributed by atoms with Gasteiger partial charge in [0.1, 0.15) is 0 Å². The molecular weight excluding hydrogens is 212 g/mol. The van der Waals surface area contributed by atoms with E-state index in [9.17, 15) is 0 Å². The zero-order valence-corrected chi connectivity index (χ0v) is 10.0. The van der Waals surface area contributed by atoms with E-state index in [1.807, 2.05) is 25.2 Å². The van der Waals surface area contributed by atoms with E-state index in [0.29, 0.717) is 6.54 Å². The van der Waals surface area contributed by atoms with Crippen molar-refractivity contribution in [1.29, 1.82) is 0 Å². The van der Waals surface area contributed by atoms with Crippen LogP contribution in [0, 0.1) is 0 Å². The zero-order valence-electron chi connectivity index (χ0n) is 10.0. The molecule has 1 unspecified atom stereocenters. The zero-order chi connectivity index (χ0) is 12.3. The molecule has 0 spiro atoms. The summed E-state index contributed by atoms with van der Waals surface area (Å²) in [7, 11) is 2.00. The van der Waals surface area contributed by atoms with Crippen LogP contribution in [0.3, 0.4) is 0 Å². The van der Waals surface area contributed by atoms with Gasteiger partial charge in [0.2, 0.25) is 0 Å². The van der Waals surface area contributed by atoms with Crippen molar-refractivity contribution in [3.05, 3.63) is 42.5 Å². The maximum Gasteiger partial charge on any atom is 0.0599 e. The second-order valence-corrected chi connectivity index (χ2v) is 4.32. The molecule has 2 aromatic rings. The first-order chi connectivity index (χ1) is 8.22. The fourth-order valence-electron chi connectivity index (χ4n) is 2.05. The number of nitrogens with two attached hydrogens (primary N) is 1. The molecule has 3 nitrogen and oxygen atoms in total. The average Bonchev–Trinajstić information content (AvgIpc) is 2.37. The van der Waals surface area contributed by atoms with Gasteiger partial charge in [-0.1, -0.05) is 36.4 Å². The molecule has 2 rings (SSSR count). The van der Waals surface area contributed by atoms with Crippen LogP contribution in [0.2, 0.25) is 0 Å². The van der Waals surface area contributed by atoms with Crippen LogP contribution in [0.1, 0.15) is 0 Å². The molecule has 0 heterocycles. The van der Waals surface area contributed by atoms with E-state index < -0.39 is 0 Å². The summed E-state index contributed by atoms with van der Waals surface area (Å²) in [5, 5.41) is 11.4. The first kappa shape index (κ1) is 11.9. The molecule has 2 aromatic carbocycles. The monoisotopic (exact) mass is 230 g/mol. The number of benzene rings is 2. The van der Waals surface area contributed by atoms with E-state index in [4.69, 9.17) is 10.8 Å². The molecule has 17 heavy (non-hydrogen) atoms. The lowest BCUT2D eigenvalue weighted by atomic mass is 10.1. The summed E-state index contributed by atoms with van der Waals surface area (Å²) in [6.45, 7) is 0.652. The maximum atomic E-state index is 8.99. The highest BCUT2D eigenvalue weighted by molar-refractivity contribution is 5.94. The van der Waals surface area contributed by atoms with Gasteiger partial charge in [0.15, 0.2) is 0 Å². The van der Waals surface area contributed by atoms with E-state index in [0.717, 1.165) is 5.69 Å². The number of likely N-dealkylation sites (N-methyl/N-ethyl adjacent to an activating group) is 1. The lowest BCUT2D eigenvalue weighted by Crippen LogP contribution is -2.37. The number of anilines is 1. The molecule has 3 N–H and O–H groups in total. The SMILES string of the molecule is CN(CC(N)CO)c1cccc2ccccc12. The smallest absolute Gasteiger partial charge is 0.0599 e. The molecule has 0 saturated heterocycles. The van der Waals surface area contributed by atoms with Crippen LogP contribution in [0.4, 0.5) is 5.69 Å². The molecule has 0 aliphatic rings. The van der Waals surface area contributed by atoms with Crippen LogP contribution in [0.25, 0.3) is 10.8 Å². The van der Waals surface area contributed by atoms with Gasteiger partial charge in [0, 0.05) is 30.7 Å². The van der Waals surface area contributed by atoms with Crippen molar-refractivity contribution in [3.8, 4) is 0 Å². The maximum absolute atomic E-state index is 8.99. The summed E-state index contributed by atoms with van der Waals surface area (Å²) in [5.74, 6) is 0. The Kier molecular flexibility index (Phi) is 3.61. The number of aliphatic hydroxyl groups is 1. The molecule has 0 amide bonds. The molecule has 1 atom stereocenters. The Labute approximate surface area is 101 Å². The Balaban J connectivity index is 2.34. The van der Waals surface area contributed by atoms with Gasteiger partial charge < -0.3 is 15.7 Å². The molecule has 0 radical (unpaired) electrons. The number of nitrogens with zero attached hydrogens (tertiary/aromatic N) is 1. The van der Waals surface area contributed by atoms with E-state index in [1.54, 1.807) is 0 Å². The highest BCUT2D eigenvalue weighted by Gasteiger charge is 2.08. The van der Waals surface area contributed by atoms with Crippen LogP contribution in [-0.2, 0) is 0 Å². The number of fused-ring (bicyclic) bond motifs is 1. The van der Waals surface area contributed by atoms with Crippen LogP contribution >= 0.6 is 0 Å². The van der Waals surface area contributed by atoms with Gasteiger partial charge in [-0.05, 0) is 11.5 Å². The molecule has 0 saturated carbocycles. The summed E-state index contributed by atoms with van der Waals surface area (Å²) >= 11 is 0. The standard InChI is InChI=1S/C14H18N2O/c1-16(9-12(15)10-17)14-8-4-6-11-5-2-3-7-13(11)14/h2-8,12,17H,9-10,15H2,1H3. The first-order valence-corrected chi connectivity index (χ1v) is 5.77. The highest BCUT2D eigenvalue weighted by Crippen LogP contribution is 2.25. The van der Waals surface area contributed by atoms with Gasteiger partial charge in [0.25, 0.3) is 0 Å². The van der Waals surface area contributed by atoms with Crippen LogP contribution in [0.15, 0.2) is 42.5 Å². The van der Waals surface area contributed by atoms with Crippen molar-refractivity contribution in [2.24, 2.45) is 5.73 Å². The summed E-state index contributed by atoms with van der Waals surface area (Å²) in [4.78, 5) is 2.09. The molecule has 90 valence electrons.